The second-order valence-corrected chi connectivity index (χ2v) is 6.39. The predicted molar refractivity (Wildman–Crippen MR) is 113 cm³/mol. The van der Waals surface area contributed by atoms with E-state index in [9.17, 15) is 4.79 Å². The summed E-state index contributed by atoms with van der Waals surface area (Å²) in [4.78, 5) is 21.3. The maximum atomic E-state index is 12.6. The smallest absolute Gasteiger partial charge is 0.274 e. The molecule has 0 aliphatic heterocycles. The van der Waals surface area contributed by atoms with Crippen LogP contribution >= 0.6 is 0 Å². The average molecular weight is 392 g/mol. The summed E-state index contributed by atoms with van der Waals surface area (Å²) in [7, 11) is 3.25. The minimum atomic E-state index is -0.298. The Hall–Kier alpha value is -3.61. The normalized spacial score (nSPS) is 10.3. The number of hydrogen-bond acceptors (Lipinski definition) is 6. The van der Waals surface area contributed by atoms with Gasteiger partial charge in [0.05, 0.1) is 14.2 Å². The molecule has 3 aromatic rings. The fourth-order valence-corrected chi connectivity index (χ4v) is 2.85. The first-order valence-electron chi connectivity index (χ1n) is 9.26. The number of carbonyl (C=O) groups excluding carboxylic acids is 1. The summed E-state index contributed by atoms with van der Waals surface area (Å²) in [5, 5.41) is 6.02. The van der Waals surface area contributed by atoms with Gasteiger partial charge in [-0.15, -0.1) is 0 Å². The van der Waals surface area contributed by atoms with Crippen molar-refractivity contribution in [1.82, 2.24) is 9.97 Å². The van der Waals surface area contributed by atoms with Crippen molar-refractivity contribution >= 4 is 17.5 Å². The van der Waals surface area contributed by atoms with Gasteiger partial charge in [0, 0.05) is 17.9 Å². The Morgan fingerprint density at radius 3 is 2.48 bits per heavy atom. The maximum absolute atomic E-state index is 12.6. The van der Waals surface area contributed by atoms with Crippen LogP contribution in [0.5, 0.6) is 11.5 Å². The lowest BCUT2D eigenvalue weighted by Gasteiger charge is -2.11. The van der Waals surface area contributed by atoms with Gasteiger partial charge < -0.3 is 20.1 Å². The number of methoxy groups -OCH3 is 2. The van der Waals surface area contributed by atoms with E-state index in [0.29, 0.717) is 29.6 Å². The number of amides is 1. The molecular weight excluding hydrogens is 368 g/mol. The van der Waals surface area contributed by atoms with Gasteiger partial charge in [-0.2, -0.15) is 0 Å². The molecule has 0 aliphatic rings. The highest BCUT2D eigenvalue weighted by Gasteiger charge is 2.11. The fourth-order valence-electron chi connectivity index (χ4n) is 2.85. The SMILES string of the molecule is COc1ccc(NC(=O)c2cc(C)nc(NCCc3ccccc3OC)n2)cc1. The van der Waals surface area contributed by atoms with Crippen LogP contribution in [0.2, 0.25) is 0 Å². The Morgan fingerprint density at radius 1 is 1.00 bits per heavy atom. The first-order valence-corrected chi connectivity index (χ1v) is 9.26. The molecule has 2 aromatic carbocycles. The van der Waals surface area contributed by atoms with Gasteiger partial charge >= 0.3 is 0 Å². The maximum Gasteiger partial charge on any atom is 0.274 e. The number of benzene rings is 2. The van der Waals surface area contributed by atoms with E-state index in [1.165, 1.54) is 0 Å². The summed E-state index contributed by atoms with van der Waals surface area (Å²) in [6, 6.07) is 16.6. The van der Waals surface area contributed by atoms with Crippen LogP contribution in [0, 0.1) is 6.92 Å². The van der Waals surface area contributed by atoms with E-state index >= 15 is 0 Å². The number of aromatic nitrogens is 2. The number of nitrogens with one attached hydrogen (secondary N) is 2. The van der Waals surface area contributed by atoms with Crippen molar-refractivity contribution in [2.45, 2.75) is 13.3 Å². The van der Waals surface area contributed by atoms with Crippen molar-refractivity contribution in [3.63, 3.8) is 0 Å². The molecule has 1 heterocycles. The number of rotatable bonds is 8. The lowest BCUT2D eigenvalue weighted by molar-refractivity contribution is 0.102. The van der Waals surface area contributed by atoms with Gasteiger partial charge in [-0.3, -0.25) is 4.79 Å². The minimum absolute atomic E-state index is 0.298. The van der Waals surface area contributed by atoms with Crippen LogP contribution in [0.3, 0.4) is 0 Å². The van der Waals surface area contributed by atoms with Gasteiger partial charge in [-0.25, -0.2) is 9.97 Å². The third-order valence-corrected chi connectivity index (χ3v) is 4.30. The van der Waals surface area contributed by atoms with Crippen molar-refractivity contribution < 1.29 is 14.3 Å². The molecule has 7 nitrogen and oxygen atoms in total. The highest BCUT2D eigenvalue weighted by Crippen LogP contribution is 2.18. The van der Waals surface area contributed by atoms with Crippen LogP contribution < -0.4 is 20.1 Å². The number of carbonyl (C=O) groups is 1. The van der Waals surface area contributed by atoms with Crippen molar-refractivity contribution in [2.24, 2.45) is 0 Å². The fraction of sp³-hybridized carbons (Fsp3) is 0.227. The van der Waals surface area contributed by atoms with Gasteiger partial charge in [0.15, 0.2) is 0 Å². The number of hydrogen-bond donors (Lipinski definition) is 2. The Labute approximate surface area is 170 Å². The molecule has 1 amide bonds. The zero-order chi connectivity index (χ0) is 20.6. The van der Waals surface area contributed by atoms with Crippen LogP contribution in [-0.2, 0) is 6.42 Å². The zero-order valence-corrected chi connectivity index (χ0v) is 16.7. The molecule has 0 unspecified atom stereocenters. The quantitative estimate of drug-likeness (QED) is 0.608. The van der Waals surface area contributed by atoms with Gasteiger partial charge in [0.1, 0.15) is 17.2 Å². The Bertz CT molecular complexity index is 974. The van der Waals surface area contributed by atoms with E-state index < -0.39 is 0 Å². The first-order chi connectivity index (χ1) is 14.1. The van der Waals surface area contributed by atoms with Crippen LogP contribution in [0.4, 0.5) is 11.6 Å². The predicted octanol–water partition coefficient (Wildman–Crippen LogP) is 3.71. The van der Waals surface area contributed by atoms with Gasteiger partial charge in [-0.1, -0.05) is 18.2 Å². The number of para-hydroxylation sites is 1. The van der Waals surface area contributed by atoms with E-state index in [1.54, 1.807) is 44.6 Å². The van der Waals surface area contributed by atoms with E-state index in [2.05, 4.69) is 20.6 Å². The van der Waals surface area contributed by atoms with Gasteiger partial charge in [0.25, 0.3) is 5.91 Å². The summed E-state index contributed by atoms with van der Waals surface area (Å²) in [5.74, 6) is 1.69. The molecule has 29 heavy (non-hydrogen) atoms. The highest BCUT2D eigenvalue weighted by atomic mass is 16.5. The second kappa shape index (κ2) is 9.54. The second-order valence-electron chi connectivity index (χ2n) is 6.39. The topological polar surface area (TPSA) is 85.4 Å². The molecule has 150 valence electrons. The molecule has 0 aliphatic carbocycles. The number of ether oxygens (including phenoxy) is 2. The molecule has 2 N–H and O–H groups in total. The average Bonchev–Trinajstić information content (AvgIpc) is 2.74. The van der Waals surface area contributed by atoms with Crippen molar-refractivity contribution in [1.29, 1.82) is 0 Å². The number of aryl methyl sites for hydroxylation is 1. The lowest BCUT2D eigenvalue weighted by Crippen LogP contribution is -2.17. The molecule has 1 aromatic heterocycles. The lowest BCUT2D eigenvalue weighted by atomic mass is 10.1. The van der Waals surface area contributed by atoms with E-state index in [0.717, 1.165) is 23.5 Å². The third kappa shape index (κ3) is 5.44. The van der Waals surface area contributed by atoms with Gasteiger partial charge in [-0.05, 0) is 55.3 Å². The van der Waals surface area contributed by atoms with E-state index in [1.807, 2.05) is 31.2 Å². The number of anilines is 2. The molecule has 0 spiro atoms. The molecule has 0 saturated carbocycles. The molecule has 0 bridgehead atoms. The van der Waals surface area contributed by atoms with Crippen LogP contribution in [0.1, 0.15) is 21.7 Å². The zero-order valence-electron chi connectivity index (χ0n) is 16.7. The van der Waals surface area contributed by atoms with Crippen LogP contribution in [0.25, 0.3) is 0 Å². The van der Waals surface area contributed by atoms with Crippen molar-refractivity contribution in [2.75, 3.05) is 31.4 Å². The molecule has 0 fully saturated rings. The van der Waals surface area contributed by atoms with Crippen molar-refractivity contribution in [3.05, 3.63) is 71.5 Å². The largest absolute Gasteiger partial charge is 0.497 e. The monoisotopic (exact) mass is 392 g/mol. The summed E-state index contributed by atoms with van der Waals surface area (Å²) < 4.78 is 10.5. The Morgan fingerprint density at radius 2 is 1.76 bits per heavy atom. The minimum Gasteiger partial charge on any atom is -0.497 e. The standard InChI is InChI=1S/C22H24N4O3/c1-15-14-19(21(27)25-17-8-10-18(28-2)11-9-17)26-22(24-15)23-13-12-16-6-4-5-7-20(16)29-3/h4-11,14H,12-13H2,1-3H3,(H,25,27)(H,23,24,26). The van der Waals surface area contributed by atoms with Crippen LogP contribution in [-0.4, -0.2) is 36.6 Å². The summed E-state index contributed by atoms with van der Waals surface area (Å²) >= 11 is 0. The molecule has 7 heteroatoms. The highest BCUT2D eigenvalue weighted by molar-refractivity contribution is 6.03. The van der Waals surface area contributed by atoms with Crippen LogP contribution in [0.15, 0.2) is 54.6 Å². The molecule has 0 atom stereocenters. The number of nitrogens with zero attached hydrogens (tertiary/aromatic N) is 2. The molecular formula is C22H24N4O3. The summed E-state index contributed by atoms with van der Waals surface area (Å²) in [5.41, 5.74) is 2.76. The van der Waals surface area contributed by atoms with E-state index in [4.69, 9.17) is 9.47 Å². The van der Waals surface area contributed by atoms with E-state index in [-0.39, 0.29) is 5.91 Å². The Balaban J connectivity index is 1.64. The molecule has 0 radical (unpaired) electrons. The third-order valence-electron chi connectivity index (χ3n) is 4.30. The molecule has 3 rings (SSSR count). The summed E-state index contributed by atoms with van der Waals surface area (Å²) in [6.07, 6.45) is 0.745. The van der Waals surface area contributed by atoms with Gasteiger partial charge in [0.2, 0.25) is 5.95 Å². The Kier molecular flexibility index (Phi) is 6.63. The first kappa shape index (κ1) is 20.1. The van der Waals surface area contributed by atoms with Crippen molar-refractivity contribution in [3.8, 4) is 11.5 Å². The molecule has 0 saturated heterocycles. The summed E-state index contributed by atoms with van der Waals surface area (Å²) in [6.45, 7) is 2.45.